The zero-order chi connectivity index (χ0) is 14.9. The number of ether oxygens (including phenoxy) is 1. The lowest BCUT2D eigenvalue weighted by atomic mass is 9.71. The molecule has 2 nitrogen and oxygen atoms in total. The Balaban J connectivity index is 1.74. The summed E-state index contributed by atoms with van der Waals surface area (Å²) in [5.74, 6) is 0.765. The molecule has 0 bridgehead atoms. The highest BCUT2D eigenvalue weighted by Crippen LogP contribution is 2.41. The first-order chi connectivity index (χ1) is 10.1. The predicted molar refractivity (Wildman–Crippen MR) is 87.6 cm³/mol. The maximum atomic E-state index is 5.50. The Labute approximate surface area is 129 Å². The van der Waals surface area contributed by atoms with E-state index in [1.807, 2.05) is 0 Å². The first-order valence-electron chi connectivity index (χ1n) is 8.51. The van der Waals surface area contributed by atoms with Crippen molar-refractivity contribution in [3.63, 3.8) is 0 Å². The van der Waals surface area contributed by atoms with Gasteiger partial charge in [0.05, 0.1) is 0 Å². The van der Waals surface area contributed by atoms with E-state index in [9.17, 15) is 0 Å². The van der Waals surface area contributed by atoms with E-state index >= 15 is 0 Å². The van der Waals surface area contributed by atoms with E-state index < -0.39 is 0 Å². The molecule has 0 aromatic heterocycles. The zero-order valence-electron chi connectivity index (χ0n) is 13.7. The SMILES string of the molecule is CC(NC1CCC(C)(C)c2ccccc21)C1CCOCC1. The standard InChI is InChI=1S/C19H29NO/c1-14(15-9-12-21-13-10-15)20-18-8-11-19(2,3)17-7-5-4-6-16(17)18/h4-7,14-15,18,20H,8-13H2,1-3H3. The lowest BCUT2D eigenvalue weighted by Gasteiger charge is -2.40. The second-order valence-corrected chi connectivity index (χ2v) is 7.47. The number of hydrogen-bond acceptors (Lipinski definition) is 2. The summed E-state index contributed by atoms with van der Waals surface area (Å²) in [5.41, 5.74) is 3.37. The Kier molecular flexibility index (Phi) is 4.37. The maximum Gasteiger partial charge on any atom is 0.0469 e. The van der Waals surface area contributed by atoms with Gasteiger partial charge in [-0.3, -0.25) is 0 Å². The fourth-order valence-corrected chi connectivity index (χ4v) is 4.05. The van der Waals surface area contributed by atoms with E-state index in [0.29, 0.717) is 17.5 Å². The highest BCUT2D eigenvalue weighted by atomic mass is 16.5. The van der Waals surface area contributed by atoms with Crippen LogP contribution in [0.15, 0.2) is 24.3 Å². The van der Waals surface area contributed by atoms with Gasteiger partial charge >= 0.3 is 0 Å². The van der Waals surface area contributed by atoms with Crippen LogP contribution < -0.4 is 5.32 Å². The smallest absolute Gasteiger partial charge is 0.0469 e. The summed E-state index contributed by atoms with van der Waals surface area (Å²) < 4.78 is 5.50. The summed E-state index contributed by atoms with van der Waals surface area (Å²) in [6.45, 7) is 8.99. The van der Waals surface area contributed by atoms with Gasteiger partial charge in [0.1, 0.15) is 0 Å². The zero-order valence-corrected chi connectivity index (χ0v) is 13.7. The van der Waals surface area contributed by atoms with Gasteiger partial charge in [0.2, 0.25) is 0 Å². The monoisotopic (exact) mass is 287 g/mol. The number of hydrogen-bond donors (Lipinski definition) is 1. The Hall–Kier alpha value is -0.860. The van der Waals surface area contributed by atoms with Crippen LogP contribution in [-0.2, 0) is 10.2 Å². The molecule has 116 valence electrons. The Morgan fingerprint density at radius 3 is 2.62 bits per heavy atom. The first kappa shape index (κ1) is 15.1. The van der Waals surface area contributed by atoms with Gasteiger partial charge in [-0.1, -0.05) is 38.1 Å². The second-order valence-electron chi connectivity index (χ2n) is 7.47. The molecule has 1 fully saturated rings. The molecule has 0 saturated carbocycles. The molecule has 21 heavy (non-hydrogen) atoms. The third-order valence-electron chi connectivity index (χ3n) is 5.56. The summed E-state index contributed by atoms with van der Waals surface area (Å²) in [4.78, 5) is 0. The summed E-state index contributed by atoms with van der Waals surface area (Å²) in [6, 6.07) is 10.1. The van der Waals surface area contributed by atoms with E-state index in [2.05, 4.69) is 50.4 Å². The number of fused-ring (bicyclic) bond motifs is 1. The molecular weight excluding hydrogens is 258 g/mol. The number of nitrogens with one attached hydrogen (secondary N) is 1. The van der Waals surface area contributed by atoms with Gasteiger partial charge in [-0.2, -0.15) is 0 Å². The van der Waals surface area contributed by atoms with Crippen molar-refractivity contribution in [3.05, 3.63) is 35.4 Å². The van der Waals surface area contributed by atoms with Crippen molar-refractivity contribution in [2.24, 2.45) is 5.92 Å². The molecular formula is C19H29NO. The molecule has 1 aliphatic carbocycles. The minimum atomic E-state index is 0.316. The van der Waals surface area contributed by atoms with Crippen molar-refractivity contribution in [1.29, 1.82) is 0 Å². The van der Waals surface area contributed by atoms with Gasteiger partial charge in [0.25, 0.3) is 0 Å². The largest absolute Gasteiger partial charge is 0.381 e. The number of rotatable bonds is 3. The fraction of sp³-hybridized carbons (Fsp3) is 0.684. The molecule has 0 spiro atoms. The van der Waals surface area contributed by atoms with Crippen molar-refractivity contribution in [1.82, 2.24) is 5.32 Å². The Morgan fingerprint density at radius 1 is 1.14 bits per heavy atom. The van der Waals surface area contributed by atoms with Crippen molar-refractivity contribution in [3.8, 4) is 0 Å². The molecule has 3 rings (SSSR count). The van der Waals surface area contributed by atoms with Crippen LogP contribution in [0.25, 0.3) is 0 Å². The third kappa shape index (κ3) is 3.17. The van der Waals surface area contributed by atoms with Crippen LogP contribution in [0.3, 0.4) is 0 Å². The summed E-state index contributed by atoms with van der Waals surface area (Å²) in [5, 5.41) is 3.93. The molecule has 1 aromatic carbocycles. The summed E-state index contributed by atoms with van der Waals surface area (Å²) in [6.07, 6.45) is 4.92. The van der Waals surface area contributed by atoms with Crippen LogP contribution >= 0.6 is 0 Å². The molecule has 1 aliphatic heterocycles. The highest BCUT2D eigenvalue weighted by Gasteiger charge is 2.33. The minimum absolute atomic E-state index is 0.316. The first-order valence-corrected chi connectivity index (χ1v) is 8.51. The lowest BCUT2D eigenvalue weighted by molar-refractivity contribution is 0.0538. The van der Waals surface area contributed by atoms with E-state index in [1.54, 1.807) is 0 Å². The maximum absolute atomic E-state index is 5.50. The minimum Gasteiger partial charge on any atom is -0.381 e. The summed E-state index contributed by atoms with van der Waals surface area (Å²) >= 11 is 0. The molecule has 1 saturated heterocycles. The molecule has 2 heteroatoms. The fourth-order valence-electron chi connectivity index (χ4n) is 4.05. The van der Waals surface area contributed by atoms with E-state index in [-0.39, 0.29) is 0 Å². The van der Waals surface area contributed by atoms with Gasteiger partial charge in [0.15, 0.2) is 0 Å². The van der Waals surface area contributed by atoms with Crippen LogP contribution in [0.2, 0.25) is 0 Å². The van der Waals surface area contributed by atoms with Gasteiger partial charge < -0.3 is 10.1 Å². The van der Waals surface area contributed by atoms with Gasteiger partial charge in [-0.25, -0.2) is 0 Å². The Bertz CT molecular complexity index is 476. The molecule has 1 heterocycles. The van der Waals surface area contributed by atoms with E-state index in [1.165, 1.54) is 36.8 Å². The van der Waals surface area contributed by atoms with Crippen molar-refractivity contribution in [2.75, 3.05) is 13.2 Å². The van der Waals surface area contributed by atoms with Crippen LogP contribution in [0.5, 0.6) is 0 Å². The molecule has 0 amide bonds. The molecule has 1 N–H and O–H groups in total. The topological polar surface area (TPSA) is 21.3 Å². The van der Waals surface area contributed by atoms with Gasteiger partial charge in [-0.15, -0.1) is 0 Å². The lowest BCUT2D eigenvalue weighted by Crippen LogP contribution is -2.41. The average molecular weight is 287 g/mol. The van der Waals surface area contributed by atoms with Crippen LogP contribution in [0.1, 0.15) is 63.6 Å². The third-order valence-corrected chi connectivity index (χ3v) is 5.56. The quantitative estimate of drug-likeness (QED) is 0.899. The van der Waals surface area contributed by atoms with Crippen LogP contribution in [0.4, 0.5) is 0 Å². The van der Waals surface area contributed by atoms with Gasteiger partial charge in [-0.05, 0) is 55.1 Å². The van der Waals surface area contributed by atoms with E-state index in [0.717, 1.165) is 19.1 Å². The predicted octanol–water partition coefficient (Wildman–Crippen LogP) is 4.20. The van der Waals surface area contributed by atoms with Crippen molar-refractivity contribution >= 4 is 0 Å². The molecule has 1 aromatic rings. The van der Waals surface area contributed by atoms with Crippen LogP contribution in [0, 0.1) is 5.92 Å². The second kappa shape index (κ2) is 6.10. The van der Waals surface area contributed by atoms with Gasteiger partial charge in [0, 0.05) is 25.3 Å². The van der Waals surface area contributed by atoms with Crippen molar-refractivity contribution in [2.45, 2.75) is 64.0 Å². The van der Waals surface area contributed by atoms with E-state index in [4.69, 9.17) is 4.74 Å². The van der Waals surface area contributed by atoms with Crippen LogP contribution in [-0.4, -0.2) is 19.3 Å². The highest BCUT2D eigenvalue weighted by molar-refractivity contribution is 5.38. The molecule has 2 unspecified atom stereocenters. The average Bonchev–Trinajstić information content (AvgIpc) is 2.51. The number of benzene rings is 1. The Morgan fingerprint density at radius 2 is 1.86 bits per heavy atom. The normalized spacial score (nSPS) is 27.1. The van der Waals surface area contributed by atoms with Crippen molar-refractivity contribution < 1.29 is 4.74 Å². The molecule has 2 aliphatic rings. The molecule has 2 atom stereocenters. The summed E-state index contributed by atoms with van der Waals surface area (Å²) in [7, 11) is 0. The molecule has 0 radical (unpaired) electrons.